The van der Waals surface area contributed by atoms with E-state index in [4.69, 9.17) is 9.57 Å². The van der Waals surface area contributed by atoms with Crippen molar-refractivity contribution in [1.29, 1.82) is 0 Å². The molecule has 1 aliphatic heterocycles. The molecule has 1 aromatic rings. The van der Waals surface area contributed by atoms with Crippen LogP contribution in [0.5, 0.6) is 0 Å². The minimum absolute atomic E-state index is 0.248. The van der Waals surface area contributed by atoms with Crippen LogP contribution in [0.2, 0.25) is 0 Å². The fraction of sp³-hybridized carbons (Fsp3) is 0.462. The number of ether oxygens (including phenoxy) is 1. The predicted octanol–water partition coefficient (Wildman–Crippen LogP) is 1.51. The zero-order valence-electron chi connectivity index (χ0n) is 10.4. The Morgan fingerprint density at radius 1 is 1.33 bits per heavy atom. The van der Waals surface area contributed by atoms with E-state index in [1.165, 1.54) is 19.2 Å². The van der Waals surface area contributed by atoms with Gasteiger partial charge in [-0.15, -0.1) is 0 Å². The van der Waals surface area contributed by atoms with Gasteiger partial charge in [-0.1, -0.05) is 17.3 Å². The van der Waals surface area contributed by atoms with Crippen LogP contribution < -0.4 is 0 Å². The maximum Gasteiger partial charge on any atom is 0.123 e. The SMILES string of the molecule is CO/N=C(/CN1CCOCC1)c1ccc(F)cc1. The van der Waals surface area contributed by atoms with Crippen molar-refractivity contribution < 1.29 is 14.0 Å². The molecular weight excluding hydrogens is 235 g/mol. The van der Waals surface area contributed by atoms with Gasteiger partial charge in [0.05, 0.1) is 13.2 Å². The molecule has 0 unspecified atom stereocenters. The number of halogens is 1. The highest BCUT2D eigenvalue weighted by molar-refractivity contribution is 6.01. The average molecular weight is 252 g/mol. The molecule has 4 nitrogen and oxygen atoms in total. The molecule has 2 rings (SSSR count). The first-order valence-corrected chi connectivity index (χ1v) is 5.95. The van der Waals surface area contributed by atoms with Gasteiger partial charge >= 0.3 is 0 Å². The van der Waals surface area contributed by atoms with Crippen molar-refractivity contribution in [3.8, 4) is 0 Å². The first-order valence-electron chi connectivity index (χ1n) is 5.95. The molecule has 0 bridgehead atoms. The van der Waals surface area contributed by atoms with E-state index in [9.17, 15) is 4.39 Å². The molecular formula is C13H17FN2O2. The Labute approximate surface area is 106 Å². The fourth-order valence-electron chi connectivity index (χ4n) is 1.90. The third-order valence-corrected chi connectivity index (χ3v) is 2.86. The standard InChI is InChI=1S/C13H17FN2O2/c1-17-15-13(10-16-6-8-18-9-7-16)11-2-4-12(14)5-3-11/h2-5H,6-10H2,1H3/b15-13-. The van der Waals surface area contributed by atoms with Crippen molar-refractivity contribution in [1.82, 2.24) is 4.90 Å². The molecule has 0 saturated carbocycles. The third-order valence-electron chi connectivity index (χ3n) is 2.86. The molecule has 0 atom stereocenters. The van der Waals surface area contributed by atoms with Crippen molar-refractivity contribution in [2.45, 2.75) is 0 Å². The fourth-order valence-corrected chi connectivity index (χ4v) is 1.90. The maximum absolute atomic E-state index is 12.9. The van der Waals surface area contributed by atoms with Gasteiger partial charge in [0.25, 0.3) is 0 Å². The second-order valence-corrected chi connectivity index (χ2v) is 4.12. The molecule has 1 saturated heterocycles. The van der Waals surface area contributed by atoms with E-state index in [0.717, 1.165) is 37.6 Å². The smallest absolute Gasteiger partial charge is 0.123 e. The normalized spacial score (nSPS) is 17.8. The van der Waals surface area contributed by atoms with E-state index in [0.29, 0.717) is 6.54 Å². The summed E-state index contributed by atoms with van der Waals surface area (Å²) in [6, 6.07) is 6.29. The van der Waals surface area contributed by atoms with Gasteiger partial charge in [0.2, 0.25) is 0 Å². The topological polar surface area (TPSA) is 34.1 Å². The number of benzene rings is 1. The molecule has 5 heteroatoms. The van der Waals surface area contributed by atoms with Crippen molar-refractivity contribution >= 4 is 5.71 Å². The van der Waals surface area contributed by atoms with Crippen LogP contribution >= 0.6 is 0 Å². The second kappa shape index (κ2) is 6.47. The number of hydrogen-bond donors (Lipinski definition) is 0. The van der Waals surface area contributed by atoms with Gasteiger partial charge in [-0.3, -0.25) is 4.90 Å². The summed E-state index contributed by atoms with van der Waals surface area (Å²) in [5, 5.41) is 4.03. The summed E-state index contributed by atoms with van der Waals surface area (Å²) in [4.78, 5) is 7.11. The van der Waals surface area contributed by atoms with Crippen molar-refractivity contribution in [2.75, 3.05) is 40.0 Å². The van der Waals surface area contributed by atoms with Gasteiger partial charge in [0, 0.05) is 25.2 Å². The summed E-state index contributed by atoms with van der Waals surface area (Å²) >= 11 is 0. The molecule has 98 valence electrons. The highest BCUT2D eigenvalue weighted by atomic mass is 19.1. The first-order chi connectivity index (χ1) is 8.79. The Morgan fingerprint density at radius 3 is 2.61 bits per heavy atom. The van der Waals surface area contributed by atoms with Crippen molar-refractivity contribution in [3.63, 3.8) is 0 Å². The lowest BCUT2D eigenvalue weighted by Gasteiger charge is -2.26. The molecule has 0 aliphatic carbocycles. The van der Waals surface area contributed by atoms with E-state index < -0.39 is 0 Å². The Hall–Kier alpha value is -1.46. The van der Waals surface area contributed by atoms with Gasteiger partial charge in [0.15, 0.2) is 0 Å². The van der Waals surface area contributed by atoms with Crippen LogP contribution in [-0.4, -0.2) is 50.6 Å². The van der Waals surface area contributed by atoms with E-state index in [1.807, 2.05) is 0 Å². The molecule has 18 heavy (non-hydrogen) atoms. The lowest BCUT2D eigenvalue weighted by Crippen LogP contribution is -2.39. The van der Waals surface area contributed by atoms with Gasteiger partial charge in [-0.05, 0) is 12.1 Å². The van der Waals surface area contributed by atoms with Crippen LogP contribution in [0.25, 0.3) is 0 Å². The minimum Gasteiger partial charge on any atom is -0.399 e. The van der Waals surface area contributed by atoms with E-state index >= 15 is 0 Å². The quantitative estimate of drug-likeness (QED) is 0.601. The molecule has 0 amide bonds. The third kappa shape index (κ3) is 3.51. The number of morpholine rings is 1. The van der Waals surface area contributed by atoms with Gasteiger partial charge in [-0.25, -0.2) is 4.39 Å². The van der Waals surface area contributed by atoms with Crippen LogP contribution in [0.15, 0.2) is 29.4 Å². The molecule has 0 N–H and O–H groups in total. The molecule has 1 aromatic carbocycles. The molecule has 1 aliphatic rings. The Kier molecular flexibility index (Phi) is 4.66. The van der Waals surface area contributed by atoms with Crippen LogP contribution in [-0.2, 0) is 9.57 Å². The highest BCUT2D eigenvalue weighted by Gasteiger charge is 2.14. The van der Waals surface area contributed by atoms with Crippen molar-refractivity contribution in [2.24, 2.45) is 5.16 Å². The maximum atomic E-state index is 12.9. The van der Waals surface area contributed by atoms with E-state index in [2.05, 4.69) is 10.1 Å². The Bertz CT molecular complexity index is 400. The lowest BCUT2D eigenvalue weighted by atomic mass is 10.1. The Balaban J connectivity index is 2.08. The van der Waals surface area contributed by atoms with Gasteiger partial charge in [0.1, 0.15) is 18.6 Å². The van der Waals surface area contributed by atoms with Gasteiger partial charge in [-0.2, -0.15) is 0 Å². The molecule has 0 spiro atoms. The summed E-state index contributed by atoms with van der Waals surface area (Å²) < 4.78 is 18.2. The molecule has 0 aromatic heterocycles. The van der Waals surface area contributed by atoms with Crippen molar-refractivity contribution in [3.05, 3.63) is 35.6 Å². The summed E-state index contributed by atoms with van der Waals surface area (Å²) in [6.07, 6.45) is 0. The summed E-state index contributed by atoms with van der Waals surface area (Å²) in [5.74, 6) is -0.248. The van der Waals surface area contributed by atoms with Crippen LogP contribution in [0, 0.1) is 5.82 Å². The van der Waals surface area contributed by atoms with E-state index in [-0.39, 0.29) is 5.82 Å². The van der Waals surface area contributed by atoms with E-state index in [1.54, 1.807) is 12.1 Å². The zero-order chi connectivity index (χ0) is 12.8. The monoisotopic (exact) mass is 252 g/mol. The number of oxime groups is 1. The Morgan fingerprint density at radius 2 is 2.00 bits per heavy atom. The highest BCUT2D eigenvalue weighted by Crippen LogP contribution is 2.07. The average Bonchev–Trinajstić information content (AvgIpc) is 2.40. The largest absolute Gasteiger partial charge is 0.399 e. The van der Waals surface area contributed by atoms with Crippen LogP contribution in [0.3, 0.4) is 0 Å². The first kappa shape index (κ1) is 13.0. The molecule has 1 fully saturated rings. The summed E-state index contributed by atoms with van der Waals surface area (Å²) in [5.41, 5.74) is 1.68. The lowest BCUT2D eigenvalue weighted by molar-refractivity contribution is 0.0449. The predicted molar refractivity (Wildman–Crippen MR) is 67.2 cm³/mol. The number of hydrogen-bond acceptors (Lipinski definition) is 4. The number of rotatable bonds is 4. The number of nitrogens with zero attached hydrogens (tertiary/aromatic N) is 2. The van der Waals surface area contributed by atoms with Crippen LogP contribution in [0.1, 0.15) is 5.56 Å². The summed E-state index contributed by atoms with van der Waals surface area (Å²) in [6.45, 7) is 3.92. The minimum atomic E-state index is -0.248. The van der Waals surface area contributed by atoms with Crippen LogP contribution in [0.4, 0.5) is 4.39 Å². The van der Waals surface area contributed by atoms with Gasteiger partial charge < -0.3 is 9.57 Å². The summed E-state index contributed by atoms with van der Waals surface area (Å²) in [7, 11) is 1.52. The zero-order valence-corrected chi connectivity index (χ0v) is 10.4. The molecule has 1 heterocycles. The molecule has 0 radical (unpaired) electrons. The second-order valence-electron chi connectivity index (χ2n) is 4.12.